The van der Waals surface area contributed by atoms with Gasteiger partial charge in [-0.05, 0) is 71.4 Å². The van der Waals surface area contributed by atoms with Crippen LogP contribution in [0.5, 0.6) is 5.75 Å². The SMILES string of the molecule is COc1ccc(COC2C[C@](C)([C@@H](O[Si](c3ccccc3)(c3ccccc3)C(C)(C)C)[C@@H]3CC[C@]4(CCC[C@@H]([C@@H](C)C(=O)Nc5ccccc5)O4)O3)O[C@@H]2CO)cc1. The second kappa shape index (κ2) is 17.8. The minimum absolute atomic E-state index is 0.0710. The van der Waals surface area contributed by atoms with Gasteiger partial charge >= 0.3 is 0 Å². The highest BCUT2D eigenvalue weighted by atomic mass is 28.4. The van der Waals surface area contributed by atoms with Gasteiger partial charge in [-0.15, -0.1) is 0 Å². The smallest absolute Gasteiger partial charge is 0.261 e. The van der Waals surface area contributed by atoms with E-state index in [2.05, 4.69) is 81.5 Å². The molecule has 3 aliphatic heterocycles. The summed E-state index contributed by atoms with van der Waals surface area (Å²) in [5.74, 6) is -0.533. The zero-order valence-electron chi connectivity index (χ0n) is 34.9. The molecular formula is C48H61NO8Si. The maximum absolute atomic E-state index is 13.5. The van der Waals surface area contributed by atoms with Crippen LogP contribution in [-0.2, 0) is 34.8 Å². The molecule has 3 fully saturated rings. The number of ether oxygens (including phenoxy) is 5. The second-order valence-corrected chi connectivity index (χ2v) is 21.8. The predicted octanol–water partition coefficient (Wildman–Crippen LogP) is 7.78. The van der Waals surface area contributed by atoms with Crippen molar-refractivity contribution in [1.29, 1.82) is 0 Å². The lowest BCUT2D eigenvalue weighted by Gasteiger charge is -2.49. The number of hydrogen-bond acceptors (Lipinski definition) is 8. The molecule has 10 heteroatoms. The number of para-hydroxylation sites is 1. The molecule has 0 saturated carbocycles. The van der Waals surface area contributed by atoms with Crippen LogP contribution in [0.25, 0.3) is 0 Å². The van der Waals surface area contributed by atoms with Crippen LogP contribution in [0.3, 0.4) is 0 Å². The van der Waals surface area contributed by atoms with E-state index in [1.54, 1.807) is 7.11 Å². The highest BCUT2D eigenvalue weighted by molar-refractivity contribution is 6.99. The number of nitrogens with one attached hydrogen (secondary N) is 1. The zero-order valence-corrected chi connectivity index (χ0v) is 35.9. The van der Waals surface area contributed by atoms with Crippen molar-refractivity contribution in [2.24, 2.45) is 5.92 Å². The zero-order chi connectivity index (χ0) is 41.0. The molecule has 4 aromatic carbocycles. The van der Waals surface area contributed by atoms with Crippen LogP contribution >= 0.6 is 0 Å². The maximum atomic E-state index is 13.5. The van der Waals surface area contributed by atoms with Crippen LogP contribution < -0.4 is 20.4 Å². The first kappa shape index (κ1) is 42.3. The summed E-state index contributed by atoms with van der Waals surface area (Å²) in [5, 5.41) is 15.9. The number of benzene rings is 4. The van der Waals surface area contributed by atoms with Gasteiger partial charge < -0.3 is 38.5 Å². The standard InChI is InChI=1S/C48H61NO8Si/c1-34(45(51)49-36-17-10-7-11-18-36)40-23-16-29-48(55-40)30-28-41(56-48)44(47(5)31-42(43(32-50)54-47)53-33-35-24-26-37(52-6)27-25-35)57-58(46(2,3)4,38-19-12-8-13-20-38)39-21-14-9-15-22-39/h7-15,17-22,24-27,34,40-44,50H,16,23,28-33H2,1-6H3,(H,49,51)/t34-,40+,41+,42?,43-,44+,47-,48+/m1/s1. The Morgan fingerprint density at radius 3 is 2.03 bits per heavy atom. The van der Waals surface area contributed by atoms with E-state index >= 15 is 0 Å². The van der Waals surface area contributed by atoms with E-state index < -0.39 is 44.1 Å². The molecule has 0 aliphatic carbocycles. The molecule has 9 nitrogen and oxygen atoms in total. The Morgan fingerprint density at radius 1 is 0.845 bits per heavy atom. The van der Waals surface area contributed by atoms with Crippen molar-refractivity contribution in [1.82, 2.24) is 0 Å². The Kier molecular flexibility index (Phi) is 12.9. The fourth-order valence-corrected chi connectivity index (χ4v) is 14.2. The average molecular weight is 808 g/mol. The molecule has 1 amide bonds. The summed E-state index contributed by atoms with van der Waals surface area (Å²) in [7, 11) is -1.49. The monoisotopic (exact) mass is 807 g/mol. The largest absolute Gasteiger partial charge is 0.497 e. The lowest BCUT2D eigenvalue weighted by atomic mass is 9.89. The Labute approximate surface area is 345 Å². The van der Waals surface area contributed by atoms with Crippen LogP contribution in [0.1, 0.15) is 78.7 Å². The minimum atomic E-state index is -3.14. The third-order valence-corrected chi connectivity index (χ3v) is 17.5. The summed E-state index contributed by atoms with van der Waals surface area (Å²) in [6, 6.07) is 38.6. The number of amides is 1. The van der Waals surface area contributed by atoms with Crippen molar-refractivity contribution in [2.45, 2.75) is 127 Å². The summed E-state index contributed by atoms with van der Waals surface area (Å²) >= 11 is 0. The van der Waals surface area contributed by atoms with E-state index in [0.29, 0.717) is 25.9 Å². The minimum Gasteiger partial charge on any atom is -0.497 e. The number of aliphatic hydroxyl groups is 1. The molecular weight excluding hydrogens is 747 g/mol. The molecule has 4 aromatic rings. The van der Waals surface area contributed by atoms with Gasteiger partial charge in [0.1, 0.15) is 18.0 Å². The Morgan fingerprint density at radius 2 is 1.45 bits per heavy atom. The number of aliphatic hydroxyl groups excluding tert-OH is 1. The average Bonchev–Trinajstić information content (AvgIpc) is 3.80. The second-order valence-electron chi connectivity index (χ2n) is 17.6. The molecule has 310 valence electrons. The van der Waals surface area contributed by atoms with Gasteiger partial charge in [0.25, 0.3) is 8.32 Å². The van der Waals surface area contributed by atoms with Crippen molar-refractivity contribution in [3.05, 3.63) is 121 Å². The number of rotatable bonds is 14. The molecule has 3 saturated heterocycles. The van der Waals surface area contributed by atoms with E-state index in [1.807, 2.05) is 73.7 Å². The van der Waals surface area contributed by atoms with E-state index in [4.69, 9.17) is 28.1 Å². The third kappa shape index (κ3) is 8.84. The first-order valence-corrected chi connectivity index (χ1v) is 22.8. The Bertz CT molecular complexity index is 1890. The lowest BCUT2D eigenvalue weighted by Crippen LogP contribution is -2.70. The van der Waals surface area contributed by atoms with Crippen LogP contribution in [0.4, 0.5) is 5.69 Å². The first-order chi connectivity index (χ1) is 27.9. The molecule has 8 atom stereocenters. The maximum Gasteiger partial charge on any atom is 0.261 e. The van der Waals surface area contributed by atoms with Crippen LogP contribution in [-0.4, -0.2) is 75.0 Å². The quantitative estimate of drug-likeness (QED) is 0.125. The molecule has 0 radical (unpaired) electrons. The number of hydrogen-bond donors (Lipinski definition) is 2. The van der Waals surface area contributed by atoms with Crippen molar-refractivity contribution >= 4 is 30.3 Å². The topological polar surface area (TPSA) is 105 Å². The summed E-state index contributed by atoms with van der Waals surface area (Å²) in [4.78, 5) is 13.5. The van der Waals surface area contributed by atoms with Crippen LogP contribution in [0.15, 0.2) is 115 Å². The Hall–Kier alpha value is -3.87. The molecule has 1 unspecified atom stereocenters. The summed E-state index contributed by atoms with van der Waals surface area (Å²) in [5.41, 5.74) is 0.864. The van der Waals surface area contributed by atoms with E-state index in [1.165, 1.54) is 0 Å². The van der Waals surface area contributed by atoms with Gasteiger partial charge in [-0.2, -0.15) is 0 Å². The molecule has 3 aliphatic rings. The lowest BCUT2D eigenvalue weighted by molar-refractivity contribution is -0.289. The third-order valence-electron chi connectivity index (χ3n) is 12.5. The van der Waals surface area contributed by atoms with E-state index in [9.17, 15) is 9.90 Å². The fraction of sp³-hybridized carbons (Fsp3) is 0.479. The van der Waals surface area contributed by atoms with Gasteiger partial charge in [-0.25, -0.2) is 0 Å². The van der Waals surface area contributed by atoms with Gasteiger partial charge in [0.05, 0.1) is 50.2 Å². The number of methoxy groups -OCH3 is 1. The molecule has 7 rings (SSSR count). The molecule has 3 heterocycles. The van der Waals surface area contributed by atoms with Gasteiger partial charge in [-0.3, -0.25) is 4.79 Å². The number of anilines is 1. The van der Waals surface area contributed by atoms with Gasteiger partial charge in [0.15, 0.2) is 5.79 Å². The van der Waals surface area contributed by atoms with Crippen LogP contribution in [0.2, 0.25) is 5.04 Å². The van der Waals surface area contributed by atoms with Gasteiger partial charge in [0.2, 0.25) is 5.91 Å². The normalized spacial score (nSPS) is 27.3. The summed E-state index contributed by atoms with van der Waals surface area (Å²) in [6.07, 6.45) is 1.98. The van der Waals surface area contributed by atoms with E-state index in [-0.39, 0.29) is 29.6 Å². The Balaban J connectivity index is 1.22. The number of carbonyl (C=O) groups excluding carboxylic acids is 1. The molecule has 2 N–H and O–H groups in total. The van der Waals surface area contributed by atoms with Crippen molar-refractivity contribution in [3.8, 4) is 5.75 Å². The van der Waals surface area contributed by atoms with Crippen molar-refractivity contribution < 1.29 is 38.0 Å². The fourth-order valence-electron chi connectivity index (χ4n) is 9.41. The van der Waals surface area contributed by atoms with Crippen LogP contribution in [0, 0.1) is 5.92 Å². The van der Waals surface area contributed by atoms with Gasteiger partial charge in [-0.1, -0.05) is 119 Å². The highest BCUT2D eigenvalue weighted by Gasteiger charge is 2.61. The summed E-state index contributed by atoms with van der Waals surface area (Å²) in [6.45, 7) is 11.0. The number of carbonyl (C=O) groups is 1. The molecule has 58 heavy (non-hydrogen) atoms. The molecule has 0 aromatic heterocycles. The molecule has 1 spiro atoms. The summed E-state index contributed by atoms with van der Waals surface area (Å²) < 4.78 is 41.1. The molecule has 0 bridgehead atoms. The van der Waals surface area contributed by atoms with Crippen molar-refractivity contribution in [2.75, 3.05) is 19.0 Å². The van der Waals surface area contributed by atoms with Gasteiger partial charge in [0, 0.05) is 24.9 Å². The van der Waals surface area contributed by atoms with E-state index in [0.717, 1.165) is 46.6 Å². The van der Waals surface area contributed by atoms with Crippen molar-refractivity contribution in [3.63, 3.8) is 0 Å². The predicted molar refractivity (Wildman–Crippen MR) is 229 cm³/mol. The highest BCUT2D eigenvalue weighted by Crippen LogP contribution is 2.49. The first-order valence-electron chi connectivity index (χ1n) is 20.9.